The van der Waals surface area contributed by atoms with Crippen molar-refractivity contribution >= 4 is 44.8 Å². The first-order chi connectivity index (χ1) is 28.2. The van der Waals surface area contributed by atoms with Gasteiger partial charge in [0.1, 0.15) is 5.69 Å². The summed E-state index contributed by atoms with van der Waals surface area (Å²) in [4.78, 5) is 32.6. The second kappa shape index (κ2) is 19.5. The topological polar surface area (TPSA) is 137 Å². The van der Waals surface area contributed by atoms with E-state index < -0.39 is 20.9 Å². The minimum absolute atomic E-state index is 0.149. The first-order valence-electron chi connectivity index (χ1n) is 19.5. The van der Waals surface area contributed by atoms with Crippen LogP contribution in [0.2, 0.25) is 0 Å². The Bertz CT molecular complexity index is 2250. The lowest BCUT2D eigenvalue weighted by Gasteiger charge is -2.36. The monoisotopic (exact) mass is 820 g/mol. The molecule has 302 valence electrons. The molecule has 58 heavy (non-hydrogen) atoms. The second-order valence-electron chi connectivity index (χ2n) is 14.5. The molecule has 0 radical (unpaired) electrons. The molecule has 2 heterocycles. The van der Waals surface area contributed by atoms with Crippen LogP contribution >= 0.6 is 11.8 Å². The van der Waals surface area contributed by atoms with E-state index in [1.54, 1.807) is 23.9 Å². The number of anilines is 2. The zero-order valence-electron chi connectivity index (χ0n) is 32.2. The molecule has 2 aliphatic heterocycles. The van der Waals surface area contributed by atoms with E-state index in [1.807, 2.05) is 60.7 Å². The molecule has 12 nitrogen and oxygen atoms in total. The van der Waals surface area contributed by atoms with Crippen molar-refractivity contribution < 1.29 is 22.9 Å². The second-order valence-corrected chi connectivity index (χ2v) is 17.2. The number of ether oxygens (including phenoxy) is 1. The number of sulfonamides is 1. The summed E-state index contributed by atoms with van der Waals surface area (Å²) < 4.78 is 34.4. The van der Waals surface area contributed by atoms with Gasteiger partial charge in [-0.3, -0.25) is 24.7 Å². The molecule has 5 aromatic carbocycles. The number of piperazine rings is 1. The van der Waals surface area contributed by atoms with Crippen LogP contribution in [0, 0.1) is 10.1 Å². The van der Waals surface area contributed by atoms with Crippen LogP contribution in [0.4, 0.5) is 17.1 Å². The molecule has 0 aliphatic carbocycles. The zero-order valence-corrected chi connectivity index (χ0v) is 33.9. The van der Waals surface area contributed by atoms with Gasteiger partial charge < -0.3 is 15.0 Å². The minimum atomic E-state index is -4.43. The van der Waals surface area contributed by atoms with Crippen LogP contribution in [0.1, 0.15) is 22.3 Å². The highest BCUT2D eigenvalue weighted by atomic mass is 32.2. The maximum atomic E-state index is 13.4. The van der Waals surface area contributed by atoms with E-state index in [0.717, 1.165) is 69.0 Å². The molecule has 0 spiro atoms. The van der Waals surface area contributed by atoms with Gasteiger partial charge in [-0.1, -0.05) is 66.7 Å². The van der Waals surface area contributed by atoms with Gasteiger partial charge in [-0.2, -0.15) is 0 Å². The number of nitro groups is 1. The van der Waals surface area contributed by atoms with Gasteiger partial charge in [0.2, 0.25) is 0 Å². The van der Waals surface area contributed by atoms with E-state index in [4.69, 9.17) is 4.74 Å². The number of nitrogens with one attached hydrogen (secondary N) is 2. The van der Waals surface area contributed by atoms with Gasteiger partial charge in [-0.05, 0) is 77.7 Å². The van der Waals surface area contributed by atoms with E-state index in [-0.39, 0.29) is 27.9 Å². The van der Waals surface area contributed by atoms with Crippen LogP contribution in [0.25, 0.3) is 11.1 Å². The molecular weight excluding hydrogens is 773 g/mol. The average molecular weight is 821 g/mol. The van der Waals surface area contributed by atoms with Crippen molar-refractivity contribution in [2.24, 2.45) is 0 Å². The average Bonchev–Trinajstić information content (AvgIpc) is 3.26. The van der Waals surface area contributed by atoms with E-state index in [9.17, 15) is 23.3 Å². The first kappa shape index (κ1) is 40.9. The lowest BCUT2D eigenvalue weighted by molar-refractivity contribution is -0.384. The Balaban J connectivity index is 0.950. The predicted octanol–water partition coefficient (Wildman–Crippen LogP) is 7.00. The van der Waals surface area contributed by atoms with Gasteiger partial charge in [0.15, 0.2) is 0 Å². The van der Waals surface area contributed by atoms with Crippen molar-refractivity contribution in [3.05, 3.63) is 149 Å². The van der Waals surface area contributed by atoms with Crippen LogP contribution in [0.15, 0.2) is 137 Å². The molecule has 0 aromatic heterocycles. The third-order valence-corrected chi connectivity index (χ3v) is 13.0. The smallest absolute Gasteiger partial charge is 0.293 e. The van der Waals surface area contributed by atoms with Crippen LogP contribution < -0.4 is 14.9 Å². The third-order valence-electron chi connectivity index (χ3n) is 10.5. The van der Waals surface area contributed by atoms with E-state index >= 15 is 0 Å². The number of benzene rings is 5. The van der Waals surface area contributed by atoms with Crippen LogP contribution in [-0.2, 0) is 21.3 Å². The molecule has 0 bridgehead atoms. The number of hydrogen-bond acceptors (Lipinski definition) is 11. The lowest BCUT2D eigenvalue weighted by Crippen LogP contribution is -2.46. The van der Waals surface area contributed by atoms with Gasteiger partial charge in [0, 0.05) is 86.4 Å². The number of carbonyl (C=O) groups is 1. The Morgan fingerprint density at radius 3 is 2.17 bits per heavy atom. The Morgan fingerprint density at radius 1 is 0.776 bits per heavy atom. The number of amides is 1. The molecule has 0 saturated carbocycles. The molecule has 1 amide bonds. The Kier molecular flexibility index (Phi) is 13.7. The fourth-order valence-electron chi connectivity index (χ4n) is 7.21. The molecule has 2 N–H and O–H groups in total. The van der Waals surface area contributed by atoms with Crippen LogP contribution in [0.3, 0.4) is 0 Å². The van der Waals surface area contributed by atoms with Crippen LogP contribution in [0.5, 0.6) is 0 Å². The Morgan fingerprint density at radius 2 is 1.47 bits per heavy atom. The summed E-state index contributed by atoms with van der Waals surface area (Å²) in [6.45, 7) is 7.99. The lowest BCUT2D eigenvalue weighted by atomic mass is 10.0. The van der Waals surface area contributed by atoms with Gasteiger partial charge in [0.25, 0.3) is 21.6 Å². The molecule has 7 rings (SSSR count). The fraction of sp³-hybridized carbons (Fsp3) is 0.295. The summed E-state index contributed by atoms with van der Waals surface area (Å²) in [5.74, 6) is -0.179. The molecule has 14 heteroatoms. The van der Waals surface area contributed by atoms with Crippen molar-refractivity contribution in [3.8, 4) is 11.1 Å². The van der Waals surface area contributed by atoms with E-state index in [0.29, 0.717) is 25.4 Å². The number of hydrogen-bond donors (Lipinski definition) is 2. The fourth-order valence-corrected chi connectivity index (χ4v) is 9.20. The zero-order chi connectivity index (χ0) is 40.3. The number of morpholine rings is 1. The number of nitro benzene ring substituents is 1. The molecule has 1 atom stereocenters. The van der Waals surface area contributed by atoms with Crippen molar-refractivity contribution in [1.29, 1.82) is 0 Å². The summed E-state index contributed by atoms with van der Waals surface area (Å²) in [6, 6.07) is 39.3. The van der Waals surface area contributed by atoms with Crippen molar-refractivity contribution in [2.75, 3.05) is 75.0 Å². The highest BCUT2D eigenvalue weighted by Gasteiger charge is 2.26. The van der Waals surface area contributed by atoms with Crippen molar-refractivity contribution in [3.63, 3.8) is 0 Å². The summed E-state index contributed by atoms with van der Waals surface area (Å²) in [5, 5.41) is 15.6. The quantitative estimate of drug-likeness (QED) is 0.0605. The number of thioether (sulfide) groups is 1. The van der Waals surface area contributed by atoms with E-state index in [1.165, 1.54) is 28.8 Å². The molecule has 2 fully saturated rings. The van der Waals surface area contributed by atoms with Gasteiger partial charge >= 0.3 is 0 Å². The van der Waals surface area contributed by atoms with Crippen molar-refractivity contribution in [1.82, 2.24) is 14.5 Å². The number of rotatable bonds is 16. The molecule has 5 aromatic rings. The molecule has 2 aliphatic rings. The summed E-state index contributed by atoms with van der Waals surface area (Å²) in [7, 11) is -4.43. The number of nitrogens with zero attached hydrogens (tertiary/aromatic N) is 4. The van der Waals surface area contributed by atoms with Crippen molar-refractivity contribution in [2.45, 2.75) is 28.8 Å². The SMILES string of the molecule is O=C(NS(=O)(=O)c1ccc(N[C@H](CCN2CCOCC2)CSc2ccccc2)c([N+](=O)[O-])c1)c1ccc(N2CCN(Cc3cccc(-c4ccccc4)c3)CC2)cc1. The Hall–Kier alpha value is -5.25. The van der Waals surface area contributed by atoms with Gasteiger partial charge in [-0.15, -0.1) is 11.8 Å². The number of carbonyl (C=O) groups excluding carboxylic acids is 1. The maximum absolute atomic E-state index is 13.4. The Labute approximate surface area is 344 Å². The first-order valence-corrected chi connectivity index (χ1v) is 22.0. The largest absolute Gasteiger partial charge is 0.379 e. The predicted molar refractivity (Wildman–Crippen MR) is 230 cm³/mol. The normalized spacial score (nSPS) is 15.8. The standard InChI is InChI=1S/C44H48N6O6S2/c51-44(36-14-16-39(17-15-36)49-24-22-48(23-25-49)32-34-8-7-11-37(30-34)35-9-3-1-4-10-35)46-58(54,55)41-18-19-42(43(31-41)50(52)53)45-38(20-21-47-26-28-56-29-27-47)33-57-40-12-5-2-6-13-40/h1-19,30-31,38,45H,20-29,32-33H2,(H,46,51)/t38-/m1/s1. The highest BCUT2D eigenvalue weighted by Crippen LogP contribution is 2.30. The summed E-state index contributed by atoms with van der Waals surface area (Å²) in [6.07, 6.45) is 0.715. The summed E-state index contributed by atoms with van der Waals surface area (Å²) >= 11 is 1.65. The minimum Gasteiger partial charge on any atom is -0.379 e. The third kappa shape index (κ3) is 11.0. The van der Waals surface area contributed by atoms with Gasteiger partial charge in [-0.25, -0.2) is 13.1 Å². The summed E-state index contributed by atoms with van der Waals surface area (Å²) in [5.41, 5.74) is 4.59. The molecular formula is C44H48N6O6S2. The van der Waals surface area contributed by atoms with Crippen LogP contribution in [-0.4, -0.2) is 99.9 Å². The highest BCUT2D eigenvalue weighted by molar-refractivity contribution is 7.99. The molecule has 0 unspecified atom stereocenters. The molecule has 2 saturated heterocycles. The van der Waals surface area contributed by atoms with Gasteiger partial charge in [0.05, 0.1) is 23.0 Å². The maximum Gasteiger partial charge on any atom is 0.293 e. The van der Waals surface area contributed by atoms with E-state index in [2.05, 4.69) is 61.1 Å².